The topological polar surface area (TPSA) is 84.0 Å². The highest BCUT2D eigenvalue weighted by atomic mass is 32.2. The van der Waals surface area contributed by atoms with E-state index >= 15 is 0 Å². The van der Waals surface area contributed by atoms with E-state index in [2.05, 4.69) is 0 Å². The normalized spacial score (nSPS) is 15.4. The number of ether oxygens (including phenoxy) is 1. The average molecular weight is 483 g/mol. The van der Waals surface area contributed by atoms with Gasteiger partial charge in [0.15, 0.2) is 6.61 Å². The van der Waals surface area contributed by atoms with Gasteiger partial charge >= 0.3 is 5.97 Å². The molecule has 2 aromatic carbocycles. The predicted octanol–water partition coefficient (Wildman–Crippen LogP) is 3.64. The molecule has 4 rings (SSSR count). The lowest BCUT2D eigenvalue weighted by Crippen LogP contribution is -2.36. The van der Waals surface area contributed by atoms with Crippen molar-refractivity contribution in [3.63, 3.8) is 0 Å². The van der Waals surface area contributed by atoms with Crippen LogP contribution in [0.3, 0.4) is 0 Å². The van der Waals surface area contributed by atoms with Gasteiger partial charge in [0.1, 0.15) is 0 Å². The van der Waals surface area contributed by atoms with E-state index in [4.69, 9.17) is 4.74 Å². The number of fused-ring (bicyclic) bond motifs is 1. The molecule has 7 nitrogen and oxygen atoms in total. The Bertz CT molecular complexity index is 1170. The minimum absolute atomic E-state index is 0.173. The summed E-state index contributed by atoms with van der Waals surface area (Å²) in [6.07, 6.45) is 6.66. The van der Waals surface area contributed by atoms with Crippen LogP contribution in [-0.4, -0.2) is 51.4 Å². The number of hydrogen-bond donors (Lipinski definition) is 0. The summed E-state index contributed by atoms with van der Waals surface area (Å²) in [6, 6.07) is 13.9. The highest BCUT2D eigenvalue weighted by molar-refractivity contribution is 7.92. The third kappa shape index (κ3) is 5.67. The molecule has 1 aliphatic carbocycles. The van der Waals surface area contributed by atoms with Gasteiger partial charge < -0.3 is 9.64 Å². The fourth-order valence-electron chi connectivity index (χ4n) is 4.07. The van der Waals surface area contributed by atoms with Crippen molar-refractivity contribution >= 4 is 33.7 Å². The predicted molar refractivity (Wildman–Crippen MR) is 131 cm³/mol. The maximum atomic E-state index is 13.1. The third-order valence-corrected chi connectivity index (χ3v) is 7.91. The highest BCUT2D eigenvalue weighted by Gasteiger charge is 2.30. The van der Waals surface area contributed by atoms with Gasteiger partial charge in [-0.2, -0.15) is 0 Å². The number of para-hydroxylation sites is 1. The highest BCUT2D eigenvalue weighted by Crippen LogP contribution is 2.32. The maximum absolute atomic E-state index is 13.1. The number of rotatable bonds is 10. The van der Waals surface area contributed by atoms with Crippen molar-refractivity contribution in [2.45, 2.75) is 37.5 Å². The first-order valence-corrected chi connectivity index (χ1v) is 13.2. The molecule has 1 heterocycles. The second kappa shape index (κ2) is 10.4. The molecule has 0 N–H and O–H groups in total. The molecule has 8 heteroatoms. The second-order valence-corrected chi connectivity index (χ2v) is 10.6. The van der Waals surface area contributed by atoms with Crippen LogP contribution >= 0.6 is 0 Å². The number of hydrogen-bond acceptors (Lipinski definition) is 5. The monoisotopic (exact) mass is 482 g/mol. The minimum Gasteiger partial charge on any atom is -0.452 e. The Balaban J connectivity index is 1.33. The summed E-state index contributed by atoms with van der Waals surface area (Å²) in [5.74, 6) is -0.201. The molecule has 1 amide bonds. The van der Waals surface area contributed by atoms with E-state index in [9.17, 15) is 18.0 Å². The summed E-state index contributed by atoms with van der Waals surface area (Å²) in [5.41, 5.74) is 2.40. The van der Waals surface area contributed by atoms with Crippen LogP contribution < -0.4 is 4.31 Å². The first kappa shape index (κ1) is 24.0. The summed E-state index contributed by atoms with van der Waals surface area (Å²) >= 11 is 0. The maximum Gasteiger partial charge on any atom is 0.331 e. The molecule has 180 valence electrons. The van der Waals surface area contributed by atoms with Crippen LogP contribution in [0.25, 0.3) is 6.08 Å². The Kier molecular flexibility index (Phi) is 7.36. The fraction of sp³-hybridized carbons (Fsp3) is 0.385. The van der Waals surface area contributed by atoms with Crippen molar-refractivity contribution in [1.82, 2.24) is 4.90 Å². The smallest absolute Gasteiger partial charge is 0.331 e. The van der Waals surface area contributed by atoms with Gasteiger partial charge in [0, 0.05) is 25.7 Å². The lowest BCUT2D eigenvalue weighted by molar-refractivity contribution is -0.148. The summed E-state index contributed by atoms with van der Waals surface area (Å²) in [6.45, 7) is 3.57. The van der Waals surface area contributed by atoms with Crippen LogP contribution in [-0.2, 0) is 30.8 Å². The Morgan fingerprint density at radius 3 is 2.56 bits per heavy atom. The molecule has 0 saturated heterocycles. The molecule has 1 saturated carbocycles. The zero-order valence-corrected chi connectivity index (χ0v) is 20.2. The Hall–Kier alpha value is -3.13. The van der Waals surface area contributed by atoms with Crippen molar-refractivity contribution in [2.75, 3.05) is 30.5 Å². The molecule has 1 aliphatic heterocycles. The van der Waals surface area contributed by atoms with Crippen molar-refractivity contribution in [2.24, 2.45) is 5.92 Å². The lowest BCUT2D eigenvalue weighted by Gasteiger charge is -2.21. The first-order chi connectivity index (χ1) is 16.4. The van der Waals surface area contributed by atoms with Gasteiger partial charge in [0.25, 0.3) is 15.9 Å². The number of amides is 1. The SMILES string of the molecule is CCCN(CC1CC1)C(=O)COC(=O)C=Cc1ccc(S(=O)(=O)N2CCc3ccccc32)cc1. The molecule has 2 aliphatic rings. The minimum atomic E-state index is -3.66. The molecular formula is C26H30N2O5S. The number of sulfonamides is 1. The quantitative estimate of drug-likeness (QED) is 0.381. The molecule has 0 aromatic heterocycles. The van der Waals surface area contributed by atoms with Gasteiger partial charge in [0.05, 0.1) is 10.6 Å². The Morgan fingerprint density at radius 2 is 1.85 bits per heavy atom. The molecule has 2 aromatic rings. The van der Waals surface area contributed by atoms with Gasteiger partial charge in [-0.25, -0.2) is 13.2 Å². The third-order valence-electron chi connectivity index (χ3n) is 6.08. The van der Waals surface area contributed by atoms with Crippen molar-refractivity contribution in [3.05, 3.63) is 65.7 Å². The molecule has 0 unspecified atom stereocenters. The number of carbonyl (C=O) groups excluding carboxylic acids is 2. The number of benzene rings is 2. The molecule has 1 fully saturated rings. The van der Waals surface area contributed by atoms with Gasteiger partial charge in [0.2, 0.25) is 0 Å². The standard InChI is InChI=1S/C26H30N2O5S/c1-2-16-27(18-21-7-8-21)25(29)19-33-26(30)14-11-20-9-12-23(13-10-20)34(31,32)28-17-15-22-5-3-4-6-24(22)28/h3-6,9-14,21H,2,7-8,15-19H2,1H3. The van der Waals surface area contributed by atoms with E-state index in [0.717, 1.165) is 37.1 Å². The fourth-order valence-corrected chi connectivity index (χ4v) is 5.58. The number of carbonyl (C=O) groups is 2. The largest absolute Gasteiger partial charge is 0.452 e. The summed E-state index contributed by atoms with van der Waals surface area (Å²) in [5, 5.41) is 0. The Labute approximate surface area is 201 Å². The van der Waals surface area contributed by atoms with E-state index in [1.807, 2.05) is 31.2 Å². The van der Waals surface area contributed by atoms with E-state index in [1.165, 1.54) is 22.5 Å². The average Bonchev–Trinajstić information content (AvgIpc) is 3.55. The second-order valence-electron chi connectivity index (χ2n) is 8.75. The molecule has 0 spiro atoms. The molecule has 34 heavy (non-hydrogen) atoms. The number of esters is 1. The zero-order chi connectivity index (χ0) is 24.1. The number of nitrogens with zero attached hydrogens (tertiary/aromatic N) is 2. The van der Waals surface area contributed by atoms with Crippen LogP contribution in [0.4, 0.5) is 5.69 Å². The summed E-state index contributed by atoms with van der Waals surface area (Å²) in [4.78, 5) is 26.4. The van der Waals surface area contributed by atoms with E-state index in [0.29, 0.717) is 31.0 Å². The van der Waals surface area contributed by atoms with Crippen LogP contribution in [0.5, 0.6) is 0 Å². The number of anilines is 1. The van der Waals surface area contributed by atoms with Crippen molar-refractivity contribution < 1.29 is 22.7 Å². The molecule has 0 atom stereocenters. The first-order valence-electron chi connectivity index (χ1n) is 11.7. The van der Waals surface area contributed by atoms with Crippen molar-refractivity contribution in [1.29, 1.82) is 0 Å². The Morgan fingerprint density at radius 1 is 1.12 bits per heavy atom. The van der Waals surface area contributed by atoms with Crippen LogP contribution in [0.2, 0.25) is 0 Å². The molecule has 0 bridgehead atoms. The zero-order valence-electron chi connectivity index (χ0n) is 19.4. The van der Waals surface area contributed by atoms with Gasteiger partial charge in [-0.1, -0.05) is 37.3 Å². The van der Waals surface area contributed by atoms with Crippen LogP contribution in [0.15, 0.2) is 59.5 Å². The molecular weight excluding hydrogens is 452 g/mol. The van der Waals surface area contributed by atoms with E-state index < -0.39 is 16.0 Å². The van der Waals surface area contributed by atoms with Gasteiger partial charge in [-0.3, -0.25) is 9.10 Å². The van der Waals surface area contributed by atoms with Gasteiger partial charge in [-0.05, 0) is 67.0 Å². The summed E-state index contributed by atoms with van der Waals surface area (Å²) in [7, 11) is -3.66. The molecule has 0 radical (unpaired) electrons. The van der Waals surface area contributed by atoms with Gasteiger partial charge in [-0.15, -0.1) is 0 Å². The summed E-state index contributed by atoms with van der Waals surface area (Å²) < 4.78 is 32.7. The lowest BCUT2D eigenvalue weighted by atomic mass is 10.2. The van der Waals surface area contributed by atoms with Crippen LogP contribution in [0.1, 0.15) is 37.3 Å². The van der Waals surface area contributed by atoms with Crippen LogP contribution in [0, 0.1) is 5.92 Å². The van der Waals surface area contributed by atoms with Crippen molar-refractivity contribution in [3.8, 4) is 0 Å². The van der Waals surface area contributed by atoms with E-state index in [1.54, 1.807) is 23.1 Å². The van der Waals surface area contributed by atoms with E-state index in [-0.39, 0.29) is 17.4 Å².